The van der Waals surface area contributed by atoms with E-state index in [9.17, 15) is 26.7 Å². The third-order valence-electron chi connectivity index (χ3n) is 5.93. The number of amides is 1. The van der Waals surface area contributed by atoms with Crippen LogP contribution in [0.5, 0.6) is 0 Å². The van der Waals surface area contributed by atoms with Gasteiger partial charge in [0.15, 0.2) is 11.6 Å². The molecule has 0 bridgehead atoms. The van der Waals surface area contributed by atoms with E-state index in [0.717, 1.165) is 49.6 Å². The Morgan fingerprint density at radius 2 is 1.71 bits per heavy atom. The molecule has 1 saturated heterocycles. The highest BCUT2D eigenvalue weighted by atomic mass is 19.4. The topological polar surface area (TPSA) is 78.7 Å². The predicted octanol–water partition coefficient (Wildman–Crippen LogP) is 4.17. The lowest BCUT2D eigenvalue weighted by Crippen LogP contribution is -2.37. The fourth-order valence-corrected chi connectivity index (χ4v) is 4.21. The Hall–Kier alpha value is -3.02. The Labute approximate surface area is 199 Å². The summed E-state index contributed by atoms with van der Waals surface area (Å²) in [5.74, 6) is -4.97. The number of likely N-dealkylation sites (tertiary alicyclic amines) is 1. The minimum absolute atomic E-state index is 0.176. The average Bonchev–Trinajstić information content (AvgIpc) is 3.43. The van der Waals surface area contributed by atoms with E-state index >= 15 is 0 Å². The third-order valence-corrected chi connectivity index (χ3v) is 5.93. The second-order valence-corrected chi connectivity index (χ2v) is 8.80. The van der Waals surface area contributed by atoms with Crippen molar-refractivity contribution >= 4 is 11.9 Å². The van der Waals surface area contributed by atoms with Crippen molar-refractivity contribution in [1.82, 2.24) is 19.6 Å². The van der Waals surface area contributed by atoms with Gasteiger partial charge < -0.3 is 10.0 Å². The van der Waals surface area contributed by atoms with Crippen molar-refractivity contribution in [2.75, 3.05) is 19.6 Å². The van der Waals surface area contributed by atoms with E-state index in [1.54, 1.807) is 4.90 Å². The highest BCUT2D eigenvalue weighted by Crippen LogP contribution is 2.28. The fourth-order valence-electron chi connectivity index (χ4n) is 4.21. The number of carboxylic acids is 1. The quantitative estimate of drug-likeness (QED) is 0.635. The number of carbonyl (C=O) groups excluding carboxylic acids is 1. The zero-order valence-electron chi connectivity index (χ0n) is 19.4. The monoisotopic (exact) mass is 502 g/mol. The van der Waals surface area contributed by atoms with E-state index in [4.69, 9.17) is 15.0 Å². The summed E-state index contributed by atoms with van der Waals surface area (Å²) in [6.45, 7) is 8.26. The number of benzene rings is 1. The molecule has 0 saturated carbocycles. The zero-order valence-corrected chi connectivity index (χ0v) is 19.4. The van der Waals surface area contributed by atoms with Crippen LogP contribution in [0.3, 0.4) is 0 Å². The molecule has 7 nitrogen and oxygen atoms in total. The van der Waals surface area contributed by atoms with Crippen LogP contribution < -0.4 is 0 Å². The van der Waals surface area contributed by atoms with Crippen molar-refractivity contribution in [1.29, 1.82) is 0 Å². The number of rotatable bonds is 4. The molecule has 0 aliphatic carbocycles. The van der Waals surface area contributed by atoms with Gasteiger partial charge in [0.1, 0.15) is 0 Å². The molecule has 2 aliphatic heterocycles. The second-order valence-electron chi connectivity index (χ2n) is 8.80. The maximum absolute atomic E-state index is 13.5. The van der Waals surface area contributed by atoms with E-state index in [2.05, 4.69) is 18.7 Å². The molecule has 1 amide bonds. The number of nitrogens with zero attached hydrogens (tertiary/aromatic N) is 4. The van der Waals surface area contributed by atoms with Gasteiger partial charge in [-0.1, -0.05) is 0 Å². The van der Waals surface area contributed by atoms with E-state index < -0.39 is 23.8 Å². The molecule has 35 heavy (non-hydrogen) atoms. The lowest BCUT2D eigenvalue weighted by molar-refractivity contribution is -0.192. The number of alkyl halides is 3. The normalized spacial score (nSPS) is 16.2. The molecule has 0 radical (unpaired) electrons. The van der Waals surface area contributed by atoms with E-state index in [1.807, 2.05) is 4.68 Å². The summed E-state index contributed by atoms with van der Waals surface area (Å²) in [6, 6.07) is 3.52. The van der Waals surface area contributed by atoms with Gasteiger partial charge in [-0.2, -0.15) is 18.3 Å². The fraction of sp³-hybridized carbons (Fsp3) is 0.522. The van der Waals surface area contributed by atoms with Crippen LogP contribution in [0.25, 0.3) is 0 Å². The molecule has 1 fully saturated rings. The molecule has 1 aromatic heterocycles. The number of hydrogen-bond acceptors (Lipinski definition) is 4. The molecule has 1 aromatic carbocycles. The van der Waals surface area contributed by atoms with Gasteiger partial charge in [0, 0.05) is 30.3 Å². The summed E-state index contributed by atoms with van der Waals surface area (Å²) in [5, 5.41) is 12.0. The summed E-state index contributed by atoms with van der Waals surface area (Å²) >= 11 is 0. The van der Waals surface area contributed by atoms with Gasteiger partial charge >= 0.3 is 12.1 Å². The van der Waals surface area contributed by atoms with Crippen LogP contribution in [-0.2, 0) is 24.3 Å². The Bertz CT molecular complexity index is 1080. The standard InChI is InChI=1S/C21H26F2N4O.C2HF3O2/c1-14(2)27-20-13-26(21(28)15-5-6-17(22)18(23)11-15)10-7-16(20)19(24-27)12-25-8-3-4-9-25;3-2(4,5)1(6)7/h5-6,11,14H,3-4,7-10,12-13H2,1-2H3;(H,6,7). The molecule has 192 valence electrons. The van der Waals surface area contributed by atoms with Crippen LogP contribution in [-0.4, -0.2) is 62.4 Å². The minimum atomic E-state index is -5.08. The summed E-state index contributed by atoms with van der Waals surface area (Å²) < 4.78 is 60.5. The first-order chi connectivity index (χ1) is 16.4. The van der Waals surface area contributed by atoms with Gasteiger partial charge in [-0.05, 0) is 64.4 Å². The maximum atomic E-state index is 13.5. The number of hydrogen-bond donors (Lipinski definition) is 1. The largest absolute Gasteiger partial charge is 0.490 e. The van der Waals surface area contributed by atoms with Gasteiger partial charge in [0.25, 0.3) is 5.91 Å². The smallest absolute Gasteiger partial charge is 0.475 e. The van der Waals surface area contributed by atoms with Crippen molar-refractivity contribution in [2.24, 2.45) is 0 Å². The Morgan fingerprint density at radius 1 is 1.09 bits per heavy atom. The van der Waals surface area contributed by atoms with Crippen LogP contribution in [0.15, 0.2) is 18.2 Å². The first-order valence-corrected chi connectivity index (χ1v) is 11.2. The number of carboxylic acid groups (broad SMARTS) is 1. The SMILES string of the molecule is CC(C)n1nc(CN2CCCC2)c2c1CN(C(=O)c1ccc(F)c(F)c1)CC2.O=C(O)C(F)(F)F. The van der Waals surface area contributed by atoms with Gasteiger partial charge in [-0.3, -0.25) is 14.4 Å². The van der Waals surface area contributed by atoms with Crippen LogP contribution in [0.2, 0.25) is 0 Å². The minimum Gasteiger partial charge on any atom is -0.475 e. The van der Waals surface area contributed by atoms with Crippen molar-refractivity contribution in [3.05, 3.63) is 52.3 Å². The van der Waals surface area contributed by atoms with Gasteiger partial charge in [0.2, 0.25) is 0 Å². The molecule has 0 atom stereocenters. The number of aliphatic carboxylic acids is 1. The Balaban J connectivity index is 0.000000429. The first kappa shape index (κ1) is 26.6. The van der Waals surface area contributed by atoms with E-state index in [1.165, 1.54) is 24.5 Å². The van der Waals surface area contributed by atoms with Gasteiger partial charge in [0.05, 0.1) is 17.9 Å². The lowest BCUT2D eigenvalue weighted by atomic mass is 10.0. The molecular weight excluding hydrogens is 475 g/mol. The molecule has 2 aliphatic rings. The number of halogens is 5. The van der Waals surface area contributed by atoms with Crippen molar-refractivity contribution in [3.63, 3.8) is 0 Å². The number of fused-ring (bicyclic) bond motifs is 1. The Morgan fingerprint density at radius 3 is 2.26 bits per heavy atom. The zero-order chi connectivity index (χ0) is 25.9. The highest BCUT2D eigenvalue weighted by Gasteiger charge is 2.38. The van der Waals surface area contributed by atoms with Crippen LogP contribution in [0.4, 0.5) is 22.0 Å². The molecule has 0 unspecified atom stereocenters. The summed E-state index contributed by atoms with van der Waals surface area (Å²) in [5.41, 5.74) is 3.60. The van der Waals surface area contributed by atoms with E-state index in [-0.39, 0.29) is 17.5 Å². The van der Waals surface area contributed by atoms with Crippen LogP contribution in [0.1, 0.15) is 60.0 Å². The van der Waals surface area contributed by atoms with Crippen molar-refractivity contribution in [3.8, 4) is 0 Å². The van der Waals surface area contributed by atoms with Gasteiger partial charge in [-0.25, -0.2) is 13.6 Å². The van der Waals surface area contributed by atoms with Crippen molar-refractivity contribution in [2.45, 2.75) is 58.4 Å². The van der Waals surface area contributed by atoms with Crippen molar-refractivity contribution < 1.29 is 36.6 Å². The molecule has 1 N–H and O–H groups in total. The Kier molecular flexibility index (Phi) is 8.14. The summed E-state index contributed by atoms with van der Waals surface area (Å²) in [4.78, 5) is 25.9. The van der Waals surface area contributed by atoms with Crippen LogP contribution in [0, 0.1) is 11.6 Å². The average molecular weight is 502 g/mol. The molecule has 0 spiro atoms. The number of aromatic nitrogens is 2. The second kappa shape index (κ2) is 10.7. The highest BCUT2D eigenvalue weighted by molar-refractivity contribution is 5.94. The molecule has 3 heterocycles. The molecule has 4 rings (SSSR count). The lowest BCUT2D eigenvalue weighted by Gasteiger charge is -2.29. The third kappa shape index (κ3) is 6.36. The van der Waals surface area contributed by atoms with E-state index in [0.29, 0.717) is 13.1 Å². The predicted molar refractivity (Wildman–Crippen MR) is 116 cm³/mol. The maximum Gasteiger partial charge on any atom is 0.490 e. The van der Waals surface area contributed by atoms with Crippen LogP contribution >= 0.6 is 0 Å². The number of carbonyl (C=O) groups is 2. The summed E-state index contributed by atoms with van der Waals surface area (Å²) in [7, 11) is 0. The molecule has 2 aromatic rings. The summed E-state index contributed by atoms with van der Waals surface area (Å²) in [6.07, 6.45) is -1.87. The first-order valence-electron chi connectivity index (χ1n) is 11.2. The molecular formula is C23H27F5N4O3. The van der Waals surface area contributed by atoms with Gasteiger partial charge in [-0.15, -0.1) is 0 Å². The molecule has 12 heteroatoms.